The van der Waals surface area contributed by atoms with E-state index in [-0.39, 0.29) is 6.79 Å². The highest BCUT2D eigenvalue weighted by Crippen LogP contribution is 2.41. The minimum Gasteiger partial charge on any atom is -0.496 e. The number of hydrogen-bond donors (Lipinski definition) is 0. The molecule has 6 heteroatoms. The summed E-state index contributed by atoms with van der Waals surface area (Å²) in [5, 5.41) is 0. The Morgan fingerprint density at radius 2 is 1.92 bits per heavy atom. The maximum absolute atomic E-state index is 5.48. The second-order valence-electron chi connectivity index (χ2n) is 5.85. The molecule has 6 nitrogen and oxygen atoms in total. The molecule has 0 spiro atoms. The maximum atomic E-state index is 5.48. The van der Waals surface area contributed by atoms with E-state index in [1.54, 1.807) is 7.11 Å². The molecule has 2 aliphatic heterocycles. The van der Waals surface area contributed by atoms with Crippen molar-refractivity contribution in [2.45, 2.75) is 6.54 Å². The standard InChI is InChI=1S/C18H20N2O4/c1-21-16-9-18-17(23-12-24-18)8-14(16)15-3-2-13(10-19-15)11-20-4-6-22-7-5-20/h2-3,8-10H,4-7,11-12H2,1H3. The molecule has 0 unspecified atom stereocenters. The Kier molecular flexibility index (Phi) is 4.23. The summed E-state index contributed by atoms with van der Waals surface area (Å²) in [6.45, 7) is 4.69. The van der Waals surface area contributed by atoms with Crippen molar-refractivity contribution in [2.24, 2.45) is 0 Å². The highest BCUT2D eigenvalue weighted by Gasteiger charge is 2.19. The molecular weight excluding hydrogens is 308 g/mol. The summed E-state index contributed by atoms with van der Waals surface area (Å²) < 4.78 is 21.7. The van der Waals surface area contributed by atoms with Gasteiger partial charge in [-0.1, -0.05) is 6.07 Å². The zero-order valence-electron chi connectivity index (χ0n) is 13.7. The third kappa shape index (κ3) is 3.02. The smallest absolute Gasteiger partial charge is 0.231 e. The summed E-state index contributed by atoms with van der Waals surface area (Å²) in [6.07, 6.45) is 1.93. The van der Waals surface area contributed by atoms with Gasteiger partial charge in [-0.05, 0) is 17.7 Å². The van der Waals surface area contributed by atoms with E-state index in [2.05, 4.69) is 16.0 Å². The van der Waals surface area contributed by atoms with E-state index in [0.717, 1.165) is 55.6 Å². The average molecular weight is 328 g/mol. The fourth-order valence-electron chi connectivity index (χ4n) is 2.99. The van der Waals surface area contributed by atoms with Crippen molar-refractivity contribution in [3.05, 3.63) is 36.0 Å². The van der Waals surface area contributed by atoms with Crippen molar-refractivity contribution in [3.63, 3.8) is 0 Å². The molecule has 0 saturated carbocycles. The number of hydrogen-bond acceptors (Lipinski definition) is 6. The minimum atomic E-state index is 0.244. The van der Waals surface area contributed by atoms with E-state index in [0.29, 0.717) is 5.75 Å². The number of aromatic nitrogens is 1. The van der Waals surface area contributed by atoms with E-state index in [1.165, 1.54) is 5.56 Å². The normalized spacial score (nSPS) is 17.0. The molecule has 0 atom stereocenters. The Labute approximate surface area is 140 Å². The largest absolute Gasteiger partial charge is 0.496 e. The molecule has 0 amide bonds. The van der Waals surface area contributed by atoms with Gasteiger partial charge in [0.25, 0.3) is 0 Å². The van der Waals surface area contributed by atoms with E-state index in [4.69, 9.17) is 18.9 Å². The van der Waals surface area contributed by atoms with Gasteiger partial charge in [0.05, 0.1) is 26.0 Å². The number of fused-ring (bicyclic) bond motifs is 1. The van der Waals surface area contributed by atoms with Crippen LogP contribution < -0.4 is 14.2 Å². The van der Waals surface area contributed by atoms with Gasteiger partial charge in [0.1, 0.15) is 5.75 Å². The summed E-state index contributed by atoms with van der Waals surface area (Å²) in [5.74, 6) is 2.16. The van der Waals surface area contributed by atoms with Crippen LogP contribution in [0, 0.1) is 0 Å². The van der Waals surface area contributed by atoms with Gasteiger partial charge < -0.3 is 18.9 Å². The van der Waals surface area contributed by atoms with Gasteiger partial charge >= 0.3 is 0 Å². The van der Waals surface area contributed by atoms with Gasteiger partial charge in [0, 0.05) is 37.5 Å². The second-order valence-corrected chi connectivity index (χ2v) is 5.85. The number of rotatable bonds is 4. The first-order valence-corrected chi connectivity index (χ1v) is 8.06. The number of methoxy groups -OCH3 is 1. The minimum absolute atomic E-state index is 0.244. The number of benzene rings is 1. The van der Waals surface area contributed by atoms with E-state index in [9.17, 15) is 0 Å². The topological polar surface area (TPSA) is 53.1 Å². The van der Waals surface area contributed by atoms with Crippen molar-refractivity contribution < 1.29 is 18.9 Å². The Morgan fingerprint density at radius 1 is 1.12 bits per heavy atom. The van der Waals surface area contributed by atoms with Gasteiger partial charge in [0.15, 0.2) is 11.5 Å². The van der Waals surface area contributed by atoms with Crippen LogP contribution in [-0.4, -0.2) is 50.1 Å². The SMILES string of the molecule is COc1cc2c(cc1-c1ccc(CN3CCOCC3)cn1)OCO2. The lowest BCUT2D eigenvalue weighted by molar-refractivity contribution is 0.0341. The maximum Gasteiger partial charge on any atom is 0.231 e. The first-order valence-electron chi connectivity index (χ1n) is 8.06. The van der Waals surface area contributed by atoms with Gasteiger partial charge in [-0.3, -0.25) is 9.88 Å². The molecule has 2 aliphatic rings. The number of ether oxygens (including phenoxy) is 4. The third-order valence-electron chi connectivity index (χ3n) is 4.31. The zero-order chi connectivity index (χ0) is 16.4. The van der Waals surface area contributed by atoms with Crippen LogP contribution in [0.5, 0.6) is 17.2 Å². The van der Waals surface area contributed by atoms with Crippen LogP contribution in [0.25, 0.3) is 11.3 Å². The Balaban J connectivity index is 1.56. The van der Waals surface area contributed by atoms with E-state index >= 15 is 0 Å². The molecule has 126 valence electrons. The summed E-state index contributed by atoms with van der Waals surface area (Å²) in [4.78, 5) is 6.99. The summed E-state index contributed by atoms with van der Waals surface area (Å²) in [7, 11) is 1.65. The molecule has 0 bridgehead atoms. The second kappa shape index (κ2) is 6.67. The average Bonchev–Trinajstić information content (AvgIpc) is 3.09. The zero-order valence-corrected chi connectivity index (χ0v) is 13.7. The predicted molar refractivity (Wildman–Crippen MR) is 88.4 cm³/mol. The molecule has 0 radical (unpaired) electrons. The fraction of sp³-hybridized carbons (Fsp3) is 0.389. The first-order chi connectivity index (χ1) is 11.8. The molecular formula is C18H20N2O4. The summed E-state index contributed by atoms with van der Waals surface area (Å²) in [6, 6.07) is 7.91. The Bertz CT molecular complexity index is 712. The van der Waals surface area contributed by atoms with Gasteiger partial charge in [-0.2, -0.15) is 0 Å². The van der Waals surface area contributed by atoms with Gasteiger partial charge in [0.2, 0.25) is 6.79 Å². The summed E-state index contributed by atoms with van der Waals surface area (Å²) in [5.41, 5.74) is 2.95. The molecule has 1 saturated heterocycles. The Morgan fingerprint density at radius 3 is 2.62 bits per heavy atom. The molecule has 3 heterocycles. The molecule has 1 aromatic heterocycles. The molecule has 4 rings (SSSR count). The number of pyridine rings is 1. The number of morpholine rings is 1. The predicted octanol–water partition coefficient (Wildman–Crippen LogP) is 2.32. The van der Waals surface area contributed by atoms with Crippen molar-refractivity contribution >= 4 is 0 Å². The highest BCUT2D eigenvalue weighted by atomic mass is 16.7. The number of nitrogens with zero attached hydrogens (tertiary/aromatic N) is 2. The van der Waals surface area contributed by atoms with Crippen molar-refractivity contribution in [2.75, 3.05) is 40.2 Å². The monoisotopic (exact) mass is 328 g/mol. The quantitative estimate of drug-likeness (QED) is 0.858. The molecule has 24 heavy (non-hydrogen) atoms. The highest BCUT2D eigenvalue weighted by molar-refractivity contribution is 5.72. The van der Waals surface area contributed by atoms with E-state index in [1.807, 2.05) is 24.4 Å². The molecule has 0 N–H and O–H groups in total. The lowest BCUT2D eigenvalue weighted by atomic mass is 10.1. The lowest BCUT2D eigenvalue weighted by Gasteiger charge is -2.26. The van der Waals surface area contributed by atoms with Crippen LogP contribution in [0.1, 0.15) is 5.56 Å². The van der Waals surface area contributed by atoms with Gasteiger partial charge in [-0.25, -0.2) is 0 Å². The molecule has 1 aromatic carbocycles. The van der Waals surface area contributed by atoms with Gasteiger partial charge in [-0.15, -0.1) is 0 Å². The van der Waals surface area contributed by atoms with Crippen molar-refractivity contribution in [1.29, 1.82) is 0 Å². The van der Waals surface area contributed by atoms with Crippen LogP contribution in [0.4, 0.5) is 0 Å². The molecule has 1 fully saturated rings. The van der Waals surface area contributed by atoms with Crippen LogP contribution in [0.15, 0.2) is 30.5 Å². The molecule has 2 aromatic rings. The summed E-state index contributed by atoms with van der Waals surface area (Å²) >= 11 is 0. The fourth-order valence-corrected chi connectivity index (χ4v) is 2.99. The van der Waals surface area contributed by atoms with E-state index < -0.39 is 0 Å². The first kappa shape index (κ1) is 15.2. The van der Waals surface area contributed by atoms with Crippen LogP contribution in [-0.2, 0) is 11.3 Å². The van der Waals surface area contributed by atoms with Crippen LogP contribution in [0.2, 0.25) is 0 Å². The Hall–Kier alpha value is -2.31. The third-order valence-corrected chi connectivity index (χ3v) is 4.31. The van der Waals surface area contributed by atoms with Crippen molar-refractivity contribution in [1.82, 2.24) is 9.88 Å². The van der Waals surface area contributed by atoms with Crippen LogP contribution >= 0.6 is 0 Å². The van der Waals surface area contributed by atoms with Crippen LogP contribution in [0.3, 0.4) is 0 Å². The van der Waals surface area contributed by atoms with Crippen molar-refractivity contribution in [3.8, 4) is 28.5 Å². The lowest BCUT2D eigenvalue weighted by Crippen LogP contribution is -2.35. The molecule has 0 aliphatic carbocycles.